The van der Waals surface area contributed by atoms with E-state index < -0.39 is 0 Å². The van der Waals surface area contributed by atoms with Crippen molar-refractivity contribution in [1.29, 1.82) is 0 Å². The van der Waals surface area contributed by atoms with Gasteiger partial charge in [0.25, 0.3) is 0 Å². The van der Waals surface area contributed by atoms with Gasteiger partial charge >= 0.3 is 0 Å². The molecule has 2 aliphatic heterocycles. The molecule has 0 radical (unpaired) electrons. The summed E-state index contributed by atoms with van der Waals surface area (Å²) in [5.74, 6) is 1.92. The molecule has 7 nitrogen and oxygen atoms in total. The number of nitrogens with one attached hydrogen (secondary N) is 1. The molecule has 2 saturated heterocycles. The van der Waals surface area contributed by atoms with Gasteiger partial charge in [0, 0.05) is 51.2 Å². The fraction of sp³-hybridized carbons (Fsp3) is 0.773. The molecule has 29 heavy (non-hydrogen) atoms. The van der Waals surface area contributed by atoms with Crippen molar-refractivity contribution >= 4 is 11.8 Å². The molecule has 0 spiro atoms. The first-order valence-corrected chi connectivity index (χ1v) is 11.4. The second kappa shape index (κ2) is 9.28. The third-order valence-electron chi connectivity index (χ3n) is 7.20. The monoisotopic (exact) mass is 401 g/mol. The Morgan fingerprint density at radius 2 is 1.93 bits per heavy atom. The summed E-state index contributed by atoms with van der Waals surface area (Å²) in [5.41, 5.74) is 0. The van der Waals surface area contributed by atoms with Gasteiger partial charge in [-0.05, 0) is 44.9 Å². The molecule has 2 amide bonds. The lowest BCUT2D eigenvalue weighted by molar-refractivity contribution is -0.140. The number of amides is 2. The number of hydrogen-bond acceptors (Lipinski definition) is 4. The number of carbonyl (C=O) groups is 2. The summed E-state index contributed by atoms with van der Waals surface area (Å²) in [5, 5.41) is 2.98. The average molecular weight is 402 g/mol. The van der Waals surface area contributed by atoms with Crippen molar-refractivity contribution < 1.29 is 9.59 Å². The number of piperidine rings is 1. The molecular weight excluding hydrogens is 366 g/mol. The number of likely N-dealkylation sites (tertiary alicyclic amines) is 1. The second-order valence-electron chi connectivity index (χ2n) is 8.97. The lowest BCUT2D eigenvalue weighted by atomic mass is 9.93. The Bertz CT molecular complexity index is 704. The van der Waals surface area contributed by atoms with Crippen molar-refractivity contribution in [2.45, 2.75) is 76.9 Å². The molecule has 160 valence electrons. The fourth-order valence-corrected chi connectivity index (χ4v) is 5.34. The van der Waals surface area contributed by atoms with Gasteiger partial charge in [-0.25, -0.2) is 4.98 Å². The normalized spacial score (nSPS) is 24.8. The molecule has 1 saturated carbocycles. The number of nitrogens with zero attached hydrogens (tertiary/aromatic N) is 4. The standard InChI is InChI=1S/C22H35N5O2/c1-17-23-9-14-25(17)11-6-18-7-12-26(13-8-18)21(28)16-20-22(29)24-10-15-27(20)19-4-2-3-5-19/h9,14,18-20H,2-8,10-13,15-16H2,1H3,(H,24,29). The molecule has 3 aliphatic rings. The summed E-state index contributed by atoms with van der Waals surface area (Å²) in [6.07, 6.45) is 12.3. The molecule has 1 unspecified atom stereocenters. The van der Waals surface area contributed by atoms with Crippen molar-refractivity contribution in [2.75, 3.05) is 26.2 Å². The molecule has 1 aromatic heterocycles. The van der Waals surface area contributed by atoms with Gasteiger partial charge < -0.3 is 14.8 Å². The van der Waals surface area contributed by atoms with Gasteiger partial charge in [-0.2, -0.15) is 0 Å². The lowest BCUT2D eigenvalue weighted by Gasteiger charge is -2.40. The summed E-state index contributed by atoms with van der Waals surface area (Å²) in [6.45, 7) is 6.28. The number of aryl methyl sites for hydroxylation is 2. The Morgan fingerprint density at radius 3 is 2.62 bits per heavy atom. The van der Waals surface area contributed by atoms with E-state index in [2.05, 4.69) is 19.8 Å². The van der Waals surface area contributed by atoms with Crippen LogP contribution in [0.4, 0.5) is 0 Å². The minimum absolute atomic E-state index is 0.0436. The molecule has 4 rings (SSSR count). The van der Waals surface area contributed by atoms with Crippen LogP contribution in [0.3, 0.4) is 0 Å². The largest absolute Gasteiger partial charge is 0.353 e. The Hall–Kier alpha value is -1.89. The Kier molecular flexibility index (Phi) is 6.53. The molecular formula is C22H35N5O2. The van der Waals surface area contributed by atoms with E-state index in [1.54, 1.807) is 0 Å². The van der Waals surface area contributed by atoms with Gasteiger partial charge in [-0.15, -0.1) is 0 Å². The molecule has 0 bridgehead atoms. The predicted octanol–water partition coefficient (Wildman–Crippen LogP) is 1.95. The number of aromatic nitrogens is 2. The van der Waals surface area contributed by atoms with E-state index in [4.69, 9.17) is 0 Å². The summed E-state index contributed by atoms with van der Waals surface area (Å²) < 4.78 is 2.21. The highest BCUT2D eigenvalue weighted by Gasteiger charge is 2.37. The van der Waals surface area contributed by atoms with Gasteiger partial charge in [-0.1, -0.05) is 12.8 Å². The third kappa shape index (κ3) is 4.82. The van der Waals surface area contributed by atoms with Crippen LogP contribution < -0.4 is 5.32 Å². The molecule has 3 fully saturated rings. The molecule has 7 heteroatoms. The fourth-order valence-electron chi connectivity index (χ4n) is 5.34. The van der Waals surface area contributed by atoms with Crippen LogP contribution in [0.15, 0.2) is 12.4 Å². The van der Waals surface area contributed by atoms with E-state index >= 15 is 0 Å². The van der Waals surface area contributed by atoms with Gasteiger partial charge in [-0.3, -0.25) is 14.5 Å². The quantitative estimate of drug-likeness (QED) is 0.791. The van der Waals surface area contributed by atoms with E-state index in [0.717, 1.165) is 51.3 Å². The van der Waals surface area contributed by atoms with Crippen molar-refractivity contribution in [1.82, 2.24) is 24.7 Å². The molecule has 0 aromatic carbocycles. The highest BCUT2D eigenvalue weighted by molar-refractivity contribution is 5.89. The van der Waals surface area contributed by atoms with Crippen LogP contribution in [-0.4, -0.2) is 69.4 Å². The van der Waals surface area contributed by atoms with Gasteiger partial charge in [0.15, 0.2) is 0 Å². The topological polar surface area (TPSA) is 70.5 Å². The molecule has 1 N–H and O–H groups in total. The van der Waals surface area contributed by atoms with Crippen LogP contribution in [-0.2, 0) is 16.1 Å². The van der Waals surface area contributed by atoms with E-state index in [9.17, 15) is 9.59 Å². The van der Waals surface area contributed by atoms with Gasteiger partial charge in [0.2, 0.25) is 11.8 Å². The van der Waals surface area contributed by atoms with Gasteiger partial charge in [0.05, 0.1) is 12.5 Å². The van der Waals surface area contributed by atoms with E-state index in [1.165, 1.54) is 25.7 Å². The van der Waals surface area contributed by atoms with Crippen LogP contribution in [0.2, 0.25) is 0 Å². The summed E-state index contributed by atoms with van der Waals surface area (Å²) in [4.78, 5) is 34.1. The van der Waals surface area contributed by atoms with Crippen molar-refractivity contribution in [2.24, 2.45) is 5.92 Å². The number of carbonyl (C=O) groups excluding carboxylic acids is 2. The van der Waals surface area contributed by atoms with Crippen molar-refractivity contribution in [3.05, 3.63) is 18.2 Å². The number of hydrogen-bond donors (Lipinski definition) is 1. The highest BCUT2D eigenvalue weighted by atomic mass is 16.2. The van der Waals surface area contributed by atoms with Crippen LogP contribution in [0.1, 0.15) is 57.2 Å². The number of piperazine rings is 1. The Morgan fingerprint density at radius 1 is 1.17 bits per heavy atom. The SMILES string of the molecule is Cc1nccn1CCC1CCN(C(=O)CC2C(=O)NCCN2C2CCCC2)CC1. The average Bonchev–Trinajstić information content (AvgIpc) is 3.40. The predicted molar refractivity (Wildman–Crippen MR) is 111 cm³/mol. The van der Waals surface area contributed by atoms with E-state index in [-0.39, 0.29) is 17.9 Å². The maximum absolute atomic E-state index is 13.0. The number of rotatable bonds is 6. The first-order valence-electron chi connectivity index (χ1n) is 11.4. The zero-order chi connectivity index (χ0) is 20.2. The van der Waals surface area contributed by atoms with Crippen LogP contribution >= 0.6 is 0 Å². The van der Waals surface area contributed by atoms with Crippen molar-refractivity contribution in [3.8, 4) is 0 Å². The van der Waals surface area contributed by atoms with Crippen LogP contribution in [0.5, 0.6) is 0 Å². The van der Waals surface area contributed by atoms with E-state index in [1.807, 2.05) is 24.2 Å². The second-order valence-corrected chi connectivity index (χ2v) is 8.97. The van der Waals surface area contributed by atoms with Crippen molar-refractivity contribution in [3.63, 3.8) is 0 Å². The van der Waals surface area contributed by atoms with Crippen LogP contribution in [0, 0.1) is 12.8 Å². The Balaban J connectivity index is 1.26. The minimum atomic E-state index is -0.277. The molecule has 1 aromatic rings. The molecule has 1 atom stereocenters. The first-order chi connectivity index (χ1) is 14.1. The van der Waals surface area contributed by atoms with E-state index in [0.29, 0.717) is 24.9 Å². The smallest absolute Gasteiger partial charge is 0.237 e. The summed E-state index contributed by atoms with van der Waals surface area (Å²) >= 11 is 0. The third-order valence-corrected chi connectivity index (χ3v) is 7.20. The zero-order valence-electron chi connectivity index (χ0n) is 17.7. The van der Waals surface area contributed by atoms with Crippen LogP contribution in [0.25, 0.3) is 0 Å². The maximum atomic E-state index is 13.0. The van der Waals surface area contributed by atoms with Gasteiger partial charge in [0.1, 0.15) is 5.82 Å². The summed E-state index contributed by atoms with van der Waals surface area (Å²) in [6, 6.07) is 0.206. The summed E-state index contributed by atoms with van der Waals surface area (Å²) in [7, 11) is 0. The molecule has 1 aliphatic carbocycles. The first kappa shape index (κ1) is 20.4. The Labute approximate surface area is 173 Å². The zero-order valence-corrected chi connectivity index (χ0v) is 17.7. The molecule has 3 heterocycles. The number of imidazole rings is 1. The maximum Gasteiger partial charge on any atom is 0.237 e. The lowest BCUT2D eigenvalue weighted by Crippen LogP contribution is -2.59. The minimum Gasteiger partial charge on any atom is -0.353 e. The highest BCUT2D eigenvalue weighted by Crippen LogP contribution is 2.28.